The Morgan fingerprint density at radius 2 is 2.10 bits per heavy atom. The second kappa shape index (κ2) is 5.49. The molecule has 0 atom stereocenters. The van der Waals surface area contributed by atoms with Crippen LogP contribution < -0.4 is 10.5 Å². The van der Waals surface area contributed by atoms with Crippen LogP contribution in [0.2, 0.25) is 0 Å². The van der Waals surface area contributed by atoms with Gasteiger partial charge in [-0.15, -0.1) is 0 Å². The third-order valence-corrected chi connectivity index (χ3v) is 3.29. The van der Waals surface area contributed by atoms with Crippen molar-refractivity contribution < 1.29 is 4.74 Å². The van der Waals surface area contributed by atoms with Gasteiger partial charge in [-0.25, -0.2) is 9.97 Å². The van der Waals surface area contributed by atoms with E-state index in [2.05, 4.69) is 9.97 Å². The first kappa shape index (κ1) is 13.5. The zero-order valence-electron chi connectivity index (χ0n) is 11.5. The molecule has 0 fully saturated rings. The maximum absolute atomic E-state index is 5.69. The van der Waals surface area contributed by atoms with E-state index in [1.165, 1.54) is 0 Å². The van der Waals surface area contributed by atoms with Gasteiger partial charge in [-0.2, -0.15) is 0 Å². The SMILES string of the molecule is COc1cccnc1-n1c(CC(N)=S)nc2ccccc21. The van der Waals surface area contributed by atoms with Crippen LogP contribution in [0.15, 0.2) is 42.6 Å². The zero-order chi connectivity index (χ0) is 14.8. The molecule has 0 saturated carbocycles. The number of para-hydroxylation sites is 2. The molecule has 6 heteroatoms. The van der Waals surface area contributed by atoms with Crippen molar-refractivity contribution in [2.45, 2.75) is 6.42 Å². The lowest BCUT2D eigenvalue weighted by Crippen LogP contribution is -2.15. The molecule has 3 rings (SSSR count). The molecule has 21 heavy (non-hydrogen) atoms. The molecule has 5 nitrogen and oxygen atoms in total. The Balaban J connectivity index is 2.31. The van der Waals surface area contributed by atoms with Gasteiger partial charge in [-0.3, -0.25) is 4.57 Å². The second-order valence-corrected chi connectivity index (χ2v) is 5.05. The standard InChI is InChI=1S/C15H14N4OS/c1-20-12-7-4-8-17-15(12)19-11-6-3-2-5-10(11)18-14(19)9-13(16)21/h2-8H,9H2,1H3,(H2,16,21). The van der Waals surface area contributed by atoms with Crippen LogP contribution in [0.1, 0.15) is 5.82 Å². The highest BCUT2D eigenvalue weighted by atomic mass is 32.1. The van der Waals surface area contributed by atoms with E-state index in [0.29, 0.717) is 23.0 Å². The minimum atomic E-state index is 0.390. The molecule has 0 saturated heterocycles. The fraction of sp³-hybridized carbons (Fsp3) is 0.133. The number of rotatable bonds is 4. The molecular formula is C15H14N4OS. The second-order valence-electron chi connectivity index (χ2n) is 4.52. The average molecular weight is 298 g/mol. The lowest BCUT2D eigenvalue weighted by molar-refractivity contribution is 0.410. The lowest BCUT2D eigenvalue weighted by Gasteiger charge is -2.11. The van der Waals surface area contributed by atoms with Gasteiger partial charge in [-0.1, -0.05) is 24.4 Å². The Morgan fingerprint density at radius 1 is 1.29 bits per heavy atom. The molecule has 106 valence electrons. The topological polar surface area (TPSA) is 66.0 Å². The van der Waals surface area contributed by atoms with Gasteiger partial charge in [0.15, 0.2) is 11.6 Å². The molecule has 1 aromatic carbocycles. The number of nitrogens with zero attached hydrogens (tertiary/aromatic N) is 3. The van der Waals surface area contributed by atoms with Gasteiger partial charge >= 0.3 is 0 Å². The van der Waals surface area contributed by atoms with Gasteiger partial charge in [0, 0.05) is 6.20 Å². The van der Waals surface area contributed by atoms with Crippen molar-refractivity contribution in [3.05, 3.63) is 48.4 Å². The van der Waals surface area contributed by atoms with Crippen LogP contribution in [0.5, 0.6) is 5.75 Å². The first-order valence-electron chi connectivity index (χ1n) is 6.44. The monoisotopic (exact) mass is 298 g/mol. The number of aromatic nitrogens is 3. The number of thiocarbonyl (C=S) groups is 1. The molecule has 0 aliphatic carbocycles. The van der Waals surface area contributed by atoms with Gasteiger partial charge in [0.05, 0.1) is 29.6 Å². The van der Waals surface area contributed by atoms with E-state index in [0.717, 1.165) is 16.9 Å². The van der Waals surface area contributed by atoms with Gasteiger partial charge in [0.1, 0.15) is 5.82 Å². The van der Waals surface area contributed by atoms with E-state index in [-0.39, 0.29) is 0 Å². The summed E-state index contributed by atoms with van der Waals surface area (Å²) in [5.74, 6) is 2.10. The first-order valence-corrected chi connectivity index (χ1v) is 6.85. The number of ether oxygens (including phenoxy) is 1. The van der Waals surface area contributed by atoms with Crippen LogP contribution >= 0.6 is 12.2 Å². The summed E-state index contributed by atoms with van der Waals surface area (Å²) in [6.07, 6.45) is 2.13. The largest absolute Gasteiger partial charge is 0.493 e. The Morgan fingerprint density at radius 3 is 2.86 bits per heavy atom. The van der Waals surface area contributed by atoms with Crippen LogP contribution in [-0.2, 0) is 6.42 Å². The maximum Gasteiger partial charge on any atom is 0.181 e. The number of benzene rings is 1. The van der Waals surface area contributed by atoms with Gasteiger partial charge < -0.3 is 10.5 Å². The fourth-order valence-corrected chi connectivity index (χ4v) is 2.43. The number of nitrogens with two attached hydrogens (primary N) is 1. The molecule has 0 spiro atoms. The van der Waals surface area contributed by atoms with Crippen molar-refractivity contribution in [3.8, 4) is 11.6 Å². The third kappa shape index (κ3) is 2.45. The van der Waals surface area contributed by atoms with Crippen LogP contribution in [0.25, 0.3) is 16.9 Å². The third-order valence-electron chi connectivity index (χ3n) is 3.15. The normalized spacial score (nSPS) is 10.7. The number of methoxy groups -OCH3 is 1. The van der Waals surface area contributed by atoms with Crippen LogP contribution in [-0.4, -0.2) is 26.6 Å². The predicted molar refractivity (Wildman–Crippen MR) is 85.9 cm³/mol. The summed E-state index contributed by atoms with van der Waals surface area (Å²) < 4.78 is 7.34. The molecule has 0 aliphatic rings. The molecule has 2 N–H and O–H groups in total. The minimum absolute atomic E-state index is 0.390. The van der Waals surface area contributed by atoms with E-state index in [1.54, 1.807) is 13.3 Å². The maximum atomic E-state index is 5.69. The number of hydrogen-bond donors (Lipinski definition) is 1. The van der Waals surface area contributed by atoms with Crippen LogP contribution in [0.3, 0.4) is 0 Å². The van der Waals surface area contributed by atoms with Gasteiger partial charge in [-0.05, 0) is 24.3 Å². The van der Waals surface area contributed by atoms with E-state index in [9.17, 15) is 0 Å². The lowest BCUT2D eigenvalue weighted by atomic mass is 10.3. The summed E-state index contributed by atoms with van der Waals surface area (Å²) in [4.78, 5) is 9.42. The Hall–Kier alpha value is -2.47. The Labute approximate surface area is 127 Å². The predicted octanol–water partition coefficient (Wildman–Crippen LogP) is 2.26. The van der Waals surface area contributed by atoms with Crippen molar-refractivity contribution in [2.24, 2.45) is 5.73 Å². The van der Waals surface area contributed by atoms with Gasteiger partial charge in [0.25, 0.3) is 0 Å². The fourth-order valence-electron chi connectivity index (χ4n) is 2.30. The molecule has 2 heterocycles. The molecular weight excluding hydrogens is 284 g/mol. The summed E-state index contributed by atoms with van der Waals surface area (Å²) in [6.45, 7) is 0. The van der Waals surface area contributed by atoms with Crippen molar-refractivity contribution >= 4 is 28.2 Å². The van der Waals surface area contributed by atoms with E-state index >= 15 is 0 Å². The Kier molecular flexibility index (Phi) is 3.53. The van der Waals surface area contributed by atoms with Crippen molar-refractivity contribution in [2.75, 3.05) is 7.11 Å². The molecule has 0 radical (unpaired) electrons. The summed E-state index contributed by atoms with van der Waals surface area (Å²) in [7, 11) is 1.62. The van der Waals surface area contributed by atoms with E-state index in [4.69, 9.17) is 22.7 Å². The molecule has 3 aromatic rings. The first-order chi connectivity index (χ1) is 10.2. The highest BCUT2D eigenvalue weighted by Crippen LogP contribution is 2.26. The van der Waals surface area contributed by atoms with Crippen molar-refractivity contribution in [1.82, 2.24) is 14.5 Å². The highest BCUT2D eigenvalue weighted by Gasteiger charge is 2.16. The number of fused-ring (bicyclic) bond motifs is 1. The van der Waals surface area contributed by atoms with E-state index < -0.39 is 0 Å². The van der Waals surface area contributed by atoms with E-state index in [1.807, 2.05) is 41.0 Å². The molecule has 0 amide bonds. The van der Waals surface area contributed by atoms with Crippen molar-refractivity contribution in [3.63, 3.8) is 0 Å². The summed E-state index contributed by atoms with van der Waals surface area (Å²) in [5.41, 5.74) is 7.51. The number of hydrogen-bond acceptors (Lipinski definition) is 4. The number of imidazole rings is 1. The number of pyridine rings is 1. The summed E-state index contributed by atoms with van der Waals surface area (Å²) in [6, 6.07) is 11.5. The molecule has 2 aromatic heterocycles. The average Bonchev–Trinajstić information content (AvgIpc) is 2.84. The molecule has 0 unspecified atom stereocenters. The minimum Gasteiger partial charge on any atom is -0.493 e. The van der Waals surface area contributed by atoms with Crippen LogP contribution in [0, 0.1) is 0 Å². The highest BCUT2D eigenvalue weighted by molar-refractivity contribution is 7.80. The molecule has 0 aliphatic heterocycles. The summed E-state index contributed by atoms with van der Waals surface area (Å²) in [5, 5.41) is 0. The van der Waals surface area contributed by atoms with Crippen molar-refractivity contribution in [1.29, 1.82) is 0 Å². The van der Waals surface area contributed by atoms with Gasteiger partial charge in [0.2, 0.25) is 0 Å². The summed E-state index contributed by atoms with van der Waals surface area (Å²) >= 11 is 5.03. The quantitative estimate of drug-likeness (QED) is 0.748. The van der Waals surface area contributed by atoms with Crippen LogP contribution in [0.4, 0.5) is 0 Å². The smallest absolute Gasteiger partial charge is 0.181 e. The molecule has 0 bridgehead atoms. The zero-order valence-corrected chi connectivity index (χ0v) is 12.3. The Bertz CT molecular complexity index is 812.